The van der Waals surface area contributed by atoms with Crippen molar-refractivity contribution in [3.8, 4) is 0 Å². The average molecular weight is 387 g/mol. The number of halogens is 6. The van der Waals surface area contributed by atoms with E-state index in [1.807, 2.05) is 0 Å². The van der Waals surface area contributed by atoms with Crippen molar-refractivity contribution in [1.29, 1.82) is 0 Å². The van der Waals surface area contributed by atoms with Gasteiger partial charge in [0.05, 0.1) is 16.6 Å². The molecule has 0 N–H and O–H groups in total. The molecule has 1 aromatic rings. The molecular weight excluding hydrogens is 375 g/mol. The van der Waals surface area contributed by atoms with Crippen LogP contribution in [0.5, 0.6) is 0 Å². The van der Waals surface area contributed by atoms with E-state index in [2.05, 4.69) is 15.9 Å². The summed E-state index contributed by atoms with van der Waals surface area (Å²) < 4.78 is 63.7. The lowest BCUT2D eigenvalue weighted by Gasteiger charge is -2.35. The number of alkyl halides is 3. The number of rotatable bonds is 2. The second kappa shape index (κ2) is 6.49. The van der Waals surface area contributed by atoms with Gasteiger partial charge in [0.25, 0.3) is 5.91 Å². The molecule has 0 bridgehead atoms. The lowest BCUT2D eigenvalue weighted by molar-refractivity contribution is -0.148. The van der Waals surface area contributed by atoms with Crippen LogP contribution in [0.4, 0.5) is 22.0 Å². The van der Waals surface area contributed by atoms with Crippen LogP contribution in [-0.2, 0) is 0 Å². The van der Waals surface area contributed by atoms with Crippen molar-refractivity contribution < 1.29 is 26.7 Å². The van der Waals surface area contributed by atoms with Gasteiger partial charge in [0.2, 0.25) is 0 Å². The number of nitrogens with zero attached hydrogens (tertiary/aromatic N) is 2. The van der Waals surface area contributed by atoms with E-state index in [-0.39, 0.29) is 30.7 Å². The van der Waals surface area contributed by atoms with Crippen LogP contribution in [0.1, 0.15) is 10.4 Å². The van der Waals surface area contributed by atoms with Crippen LogP contribution < -0.4 is 0 Å². The van der Waals surface area contributed by atoms with Crippen molar-refractivity contribution in [2.45, 2.75) is 6.18 Å². The molecule has 0 radical (unpaired) electrons. The molecule has 1 aliphatic rings. The number of carbonyl (C=O) groups is 1. The Kier molecular flexibility index (Phi) is 5.06. The first-order valence-corrected chi connectivity index (χ1v) is 7.20. The van der Waals surface area contributed by atoms with Crippen LogP contribution >= 0.6 is 15.9 Å². The van der Waals surface area contributed by atoms with E-state index in [1.165, 1.54) is 9.80 Å². The van der Waals surface area contributed by atoms with Crippen molar-refractivity contribution >= 4 is 21.8 Å². The van der Waals surface area contributed by atoms with E-state index < -0.39 is 35.8 Å². The van der Waals surface area contributed by atoms with Crippen LogP contribution in [-0.4, -0.2) is 54.6 Å². The molecule has 1 amide bonds. The van der Waals surface area contributed by atoms with E-state index in [0.717, 1.165) is 12.1 Å². The summed E-state index contributed by atoms with van der Waals surface area (Å²) in [6.45, 7) is -0.943. The van der Waals surface area contributed by atoms with Gasteiger partial charge in [0.15, 0.2) is 0 Å². The second-order valence-corrected chi connectivity index (χ2v) is 5.69. The van der Waals surface area contributed by atoms with E-state index in [0.29, 0.717) is 0 Å². The molecule has 9 heteroatoms. The molecule has 0 atom stereocenters. The first kappa shape index (κ1) is 17.1. The van der Waals surface area contributed by atoms with E-state index in [1.54, 1.807) is 0 Å². The molecule has 1 saturated heterocycles. The Labute approximate surface area is 131 Å². The zero-order valence-electron chi connectivity index (χ0n) is 11.3. The van der Waals surface area contributed by atoms with Crippen molar-refractivity contribution in [1.82, 2.24) is 9.80 Å². The zero-order valence-corrected chi connectivity index (χ0v) is 12.8. The fraction of sp³-hybridized carbons (Fsp3) is 0.462. The fourth-order valence-electron chi connectivity index (χ4n) is 2.24. The summed E-state index contributed by atoms with van der Waals surface area (Å²) in [5.41, 5.74) is -0.440. The number of carbonyl (C=O) groups excluding carboxylic acids is 1. The van der Waals surface area contributed by atoms with E-state index in [9.17, 15) is 26.7 Å². The van der Waals surface area contributed by atoms with Crippen LogP contribution in [0.3, 0.4) is 0 Å². The highest BCUT2D eigenvalue weighted by Crippen LogP contribution is 2.25. The Balaban J connectivity index is 2.06. The van der Waals surface area contributed by atoms with Gasteiger partial charge in [-0.05, 0) is 28.1 Å². The minimum absolute atomic E-state index is 0.0251. The molecule has 22 heavy (non-hydrogen) atoms. The lowest BCUT2D eigenvalue weighted by Crippen LogP contribution is -2.51. The maximum absolute atomic E-state index is 13.7. The standard InChI is InChI=1S/C13H12BrF5N2O/c14-11-9(16)2-1-8(15)10(11)12(22)21-5-3-20(4-6-21)7-13(17,18)19/h1-2H,3-7H2. The van der Waals surface area contributed by atoms with E-state index in [4.69, 9.17) is 0 Å². The first-order chi connectivity index (χ1) is 10.2. The molecular formula is C13H12BrF5N2O. The predicted molar refractivity (Wildman–Crippen MR) is 72.5 cm³/mol. The second-order valence-electron chi connectivity index (χ2n) is 4.90. The monoisotopic (exact) mass is 386 g/mol. The smallest absolute Gasteiger partial charge is 0.336 e. The molecule has 1 aliphatic heterocycles. The molecule has 1 fully saturated rings. The van der Waals surface area contributed by atoms with Gasteiger partial charge in [-0.25, -0.2) is 8.78 Å². The third-order valence-corrected chi connectivity index (χ3v) is 4.10. The maximum atomic E-state index is 13.7. The van der Waals surface area contributed by atoms with Gasteiger partial charge >= 0.3 is 6.18 Å². The number of amides is 1. The van der Waals surface area contributed by atoms with Gasteiger partial charge in [-0.2, -0.15) is 13.2 Å². The number of benzene rings is 1. The minimum Gasteiger partial charge on any atom is -0.336 e. The lowest BCUT2D eigenvalue weighted by atomic mass is 10.1. The number of hydrogen-bond donors (Lipinski definition) is 0. The van der Waals surface area contributed by atoms with Crippen LogP contribution in [0.15, 0.2) is 16.6 Å². The van der Waals surface area contributed by atoms with Crippen LogP contribution in [0, 0.1) is 11.6 Å². The van der Waals surface area contributed by atoms with Crippen molar-refractivity contribution in [2.75, 3.05) is 32.7 Å². The Morgan fingerprint density at radius 1 is 1.09 bits per heavy atom. The summed E-state index contributed by atoms with van der Waals surface area (Å²) in [7, 11) is 0. The molecule has 122 valence electrons. The summed E-state index contributed by atoms with van der Waals surface area (Å²) in [6, 6.07) is 1.73. The SMILES string of the molecule is O=C(c1c(F)ccc(F)c1Br)N1CCN(CC(F)(F)F)CC1. The normalized spacial score (nSPS) is 16.9. The highest BCUT2D eigenvalue weighted by Gasteiger charge is 2.33. The molecule has 0 saturated carbocycles. The molecule has 0 spiro atoms. The van der Waals surface area contributed by atoms with Gasteiger partial charge in [0.1, 0.15) is 11.6 Å². The van der Waals surface area contributed by atoms with Crippen LogP contribution in [0.2, 0.25) is 0 Å². The summed E-state index contributed by atoms with van der Waals surface area (Å²) in [5.74, 6) is -2.40. The van der Waals surface area contributed by atoms with Crippen LogP contribution in [0.25, 0.3) is 0 Å². The summed E-state index contributed by atoms with van der Waals surface area (Å²) in [5, 5.41) is 0. The minimum atomic E-state index is -4.30. The summed E-state index contributed by atoms with van der Waals surface area (Å²) in [4.78, 5) is 14.6. The molecule has 1 heterocycles. The van der Waals surface area contributed by atoms with Gasteiger partial charge in [-0.1, -0.05) is 0 Å². The van der Waals surface area contributed by atoms with Crippen molar-refractivity contribution in [3.63, 3.8) is 0 Å². The topological polar surface area (TPSA) is 23.6 Å². The predicted octanol–water partition coefficient (Wildman–Crippen LogP) is 3.05. The average Bonchev–Trinajstić information content (AvgIpc) is 2.42. The third-order valence-electron chi connectivity index (χ3n) is 3.32. The highest BCUT2D eigenvalue weighted by molar-refractivity contribution is 9.10. The summed E-state index contributed by atoms with van der Waals surface area (Å²) >= 11 is 2.83. The Hall–Kier alpha value is -1.22. The van der Waals surface area contributed by atoms with Gasteiger partial charge < -0.3 is 4.90 Å². The molecule has 3 nitrogen and oxygen atoms in total. The fourth-order valence-corrected chi connectivity index (χ4v) is 2.74. The Morgan fingerprint density at radius 3 is 2.18 bits per heavy atom. The summed E-state index contributed by atoms with van der Waals surface area (Å²) in [6.07, 6.45) is -4.30. The molecule has 0 aliphatic carbocycles. The highest BCUT2D eigenvalue weighted by atomic mass is 79.9. The third kappa shape index (κ3) is 3.95. The van der Waals surface area contributed by atoms with Gasteiger partial charge in [0, 0.05) is 26.2 Å². The molecule has 0 aromatic heterocycles. The van der Waals surface area contributed by atoms with E-state index >= 15 is 0 Å². The van der Waals surface area contributed by atoms with Crippen molar-refractivity contribution in [3.05, 3.63) is 33.8 Å². The quantitative estimate of drug-likeness (QED) is 0.576. The largest absolute Gasteiger partial charge is 0.401 e. The first-order valence-electron chi connectivity index (χ1n) is 6.41. The van der Waals surface area contributed by atoms with Gasteiger partial charge in [-0.3, -0.25) is 9.69 Å². The number of piperazine rings is 1. The zero-order chi connectivity index (χ0) is 16.5. The molecule has 1 aromatic carbocycles. The Morgan fingerprint density at radius 2 is 1.64 bits per heavy atom. The molecule has 0 unspecified atom stereocenters. The Bertz CT molecular complexity index is 570. The number of hydrogen-bond acceptors (Lipinski definition) is 2. The van der Waals surface area contributed by atoms with Gasteiger partial charge in [-0.15, -0.1) is 0 Å². The maximum Gasteiger partial charge on any atom is 0.401 e. The van der Waals surface area contributed by atoms with Crippen molar-refractivity contribution in [2.24, 2.45) is 0 Å². The molecule has 2 rings (SSSR count).